The molecule has 3 aromatic carbocycles. The number of hydrogen-bond donors (Lipinski definition) is 1. The first-order chi connectivity index (χ1) is 11.7. The number of hydrogen-bond acceptors (Lipinski definition) is 3. The van der Waals surface area contributed by atoms with Crippen LogP contribution >= 0.6 is 0 Å². The van der Waals surface area contributed by atoms with E-state index in [2.05, 4.69) is 0 Å². The zero-order chi connectivity index (χ0) is 16.5. The molecule has 0 aliphatic rings. The third-order valence-electron chi connectivity index (χ3n) is 4.00. The van der Waals surface area contributed by atoms with E-state index < -0.39 is 10.7 Å². The van der Waals surface area contributed by atoms with Crippen molar-refractivity contribution < 1.29 is 12.8 Å². The van der Waals surface area contributed by atoms with Crippen LogP contribution in [0.25, 0.3) is 33.4 Å². The molecule has 0 N–H and O–H groups in total. The quantitative estimate of drug-likeness (QED) is 0.551. The van der Waals surface area contributed by atoms with Crippen molar-refractivity contribution in [1.82, 2.24) is 0 Å². The predicted octanol–water partition coefficient (Wildman–Crippen LogP) is 4.74. The third-order valence-corrected chi connectivity index (χ3v) is 4.72. The number of furan rings is 1. The first kappa shape index (κ1) is 14.7. The summed E-state index contributed by atoms with van der Waals surface area (Å²) in [5.74, 6) is 0.745. The Morgan fingerprint density at radius 3 is 2.04 bits per heavy atom. The van der Waals surface area contributed by atoms with E-state index >= 15 is 0 Å². The van der Waals surface area contributed by atoms with Gasteiger partial charge in [0, 0.05) is 16.5 Å². The first-order valence-electron chi connectivity index (χ1n) is 7.56. The van der Waals surface area contributed by atoms with Crippen molar-refractivity contribution in [2.45, 2.75) is 4.90 Å². The maximum Gasteiger partial charge on any atom is 0.168 e. The van der Waals surface area contributed by atoms with Crippen molar-refractivity contribution in [3.8, 4) is 22.5 Å². The van der Waals surface area contributed by atoms with E-state index in [1.165, 1.54) is 0 Å². The van der Waals surface area contributed by atoms with Gasteiger partial charge in [0.15, 0.2) is 10.7 Å². The standard InChI is InChI=1S/C20H14O3S/c21-24(22)16-12-10-15(11-13-16)20-19(14-6-2-1-3-7-14)17-8-4-5-9-18(17)23-20/h1-13,24H. The van der Waals surface area contributed by atoms with E-state index in [0.717, 1.165) is 33.4 Å². The van der Waals surface area contributed by atoms with Gasteiger partial charge in [0.05, 0.1) is 4.90 Å². The van der Waals surface area contributed by atoms with Crippen molar-refractivity contribution >= 4 is 21.7 Å². The molecule has 0 unspecified atom stereocenters. The molecule has 0 spiro atoms. The topological polar surface area (TPSA) is 47.3 Å². The molecule has 4 heteroatoms. The molecule has 0 amide bonds. The normalized spacial score (nSPS) is 11.2. The van der Waals surface area contributed by atoms with Gasteiger partial charge in [-0.15, -0.1) is 0 Å². The summed E-state index contributed by atoms with van der Waals surface area (Å²) in [7, 11) is -2.58. The summed E-state index contributed by atoms with van der Waals surface area (Å²) >= 11 is 0. The van der Waals surface area contributed by atoms with E-state index in [4.69, 9.17) is 4.42 Å². The fourth-order valence-corrected chi connectivity index (χ4v) is 3.27. The fourth-order valence-electron chi connectivity index (χ4n) is 2.87. The molecular formula is C20H14O3S. The van der Waals surface area contributed by atoms with Crippen LogP contribution in [-0.2, 0) is 10.7 Å². The predicted molar refractivity (Wildman–Crippen MR) is 95.7 cm³/mol. The molecule has 24 heavy (non-hydrogen) atoms. The van der Waals surface area contributed by atoms with Gasteiger partial charge >= 0.3 is 0 Å². The van der Waals surface area contributed by atoms with Gasteiger partial charge in [-0.2, -0.15) is 0 Å². The zero-order valence-corrected chi connectivity index (χ0v) is 13.6. The molecule has 0 aliphatic heterocycles. The lowest BCUT2D eigenvalue weighted by molar-refractivity contribution is 0.614. The number of fused-ring (bicyclic) bond motifs is 1. The van der Waals surface area contributed by atoms with E-state index in [9.17, 15) is 8.42 Å². The maximum absolute atomic E-state index is 11.1. The summed E-state index contributed by atoms with van der Waals surface area (Å²) < 4.78 is 28.3. The van der Waals surface area contributed by atoms with Crippen molar-refractivity contribution in [1.29, 1.82) is 0 Å². The lowest BCUT2D eigenvalue weighted by Crippen LogP contribution is -1.83. The summed E-state index contributed by atoms with van der Waals surface area (Å²) in [6.07, 6.45) is 0. The minimum atomic E-state index is -2.58. The Kier molecular flexibility index (Phi) is 3.67. The Morgan fingerprint density at radius 1 is 0.667 bits per heavy atom. The molecule has 0 fully saturated rings. The summed E-state index contributed by atoms with van der Waals surface area (Å²) in [6, 6.07) is 24.7. The minimum absolute atomic E-state index is 0.297. The second-order valence-electron chi connectivity index (χ2n) is 5.47. The molecule has 1 heterocycles. The molecular weight excluding hydrogens is 320 g/mol. The van der Waals surface area contributed by atoms with Crippen molar-refractivity contribution in [3.05, 3.63) is 78.9 Å². The second-order valence-corrected chi connectivity index (χ2v) is 6.50. The second kappa shape index (κ2) is 5.98. The molecule has 0 bridgehead atoms. The highest BCUT2D eigenvalue weighted by molar-refractivity contribution is 7.72. The van der Waals surface area contributed by atoms with E-state index in [1.54, 1.807) is 24.3 Å². The largest absolute Gasteiger partial charge is 0.455 e. The number of benzene rings is 3. The van der Waals surface area contributed by atoms with Gasteiger partial charge in [-0.05, 0) is 35.9 Å². The van der Waals surface area contributed by atoms with E-state index in [0.29, 0.717) is 4.90 Å². The van der Waals surface area contributed by atoms with Gasteiger partial charge in [-0.3, -0.25) is 0 Å². The van der Waals surface area contributed by atoms with Crippen molar-refractivity contribution in [2.75, 3.05) is 0 Å². The smallest absolute Gasteiger partial charge is 0.168 e. The molecule has 1 aromatic heterocycles. The van der Waals surface area contributed by atoms with Gasteiger partial charge < -0.3 is 4.42 Å². The van der Waals surface area contributed by atoms with Gasteiger partial charge in [0.1, 0.15) is 11.3 Å². The SMILES string of the molecule is O=[SH](=O)c1ccc(-c2oc3ccccc3c2-c2ccccc2)cc1. The highest BCUT2D eigenvalue weighted by Gasteiger charge is 2.17. The Bertz CT molecular complexity index is 1070. The van der Waals surface area contributed by atoms with Crippen LogP contribution in [0.2, 0.25) is 0 Å². The fraction of sp³-hybridized carbons (Fsp3) is 0. The summed E-state index contributed by atoms with van der Waals surface area (Å²) in [5.41, 5.74) is 3.75. The Labute approximate surface area is 141 Å². The highest BCUT2D eigenvalue weighted by atomic mass is 32.2. The van der Waals surface area contributed by atoms with E-state index in [-0.39, 0.29) is 0 Å². The van der Waals surface area contributed by atoms with Crippen LogP contribution in [0.5, 0.6) is 0 Å². The monoisotopic (exact) mass is 334 g/mol. The van der Waals surface area contributed by atoms with Gasteiger partial charge in [-0.25, -0.2) is 8.42 Å². The lowest BCUT2D eigenvalue weighted by atomic mass is 9.99. The summed E-state index contributed by atoms with van der Waals surface area (Å²) in [4.78, 5) is 0.297. The van der Waals surface area contributed by atoms with Crippen LogP contribution in [0, 0.1) is 0 Å². The molecule has 0 atom stereocenters. The molecule has 3 nitrogen and oxygen atoms in total. The molecule has 0 saturated carbocycles. The van der Waals surface area contributed by atoms with Crippen molar-refractivity contribution in [3.63, 3.8) is 0 Å². The van der Waals surface area contributed by atoms with Crippen LogP contribution in [0.1, 0.15) is 0 Å². The average molecular weight is 334 g/mol. The number of thiol groups is 1. The third kappa shape index (κ3) is 2.51. The number of rotatable bonds is 3. The van der Waals surface area contributed by atoms with Crippen LogP contribution in [0.3, 0.4) is 0 Å². The average Bonchev–Trinajstić information content (AvgIpc) is 3.02. The van der Waals surface area contributed by atoms with Crippen LogP contribution in [-0.4, -0.2) is 8.42 Å². The first-order valence-corrected chi connectivity index (χ1v) is 8.73. The van der Waals surface area contributed by atoms with Gasteiger partial charge in [0.25, 0.3) is 0 Å². The van der Waals surface area contributed by atoms with Crippen LogP contribution in [0.4, 0.5) is 0 Å². The molecule has 4 rings (SSSR count). The van der Waals surface area contributed by atoms with Crippen LogP contribution < -0.4 is 0 Å². The minimum Gasteiger partial charge on any atom is -0.455 e. The summed E-state index contributed by atoms with van der Waals surface area (Å²) in [6.45, 7) is 0. The maximum atomic E-state index is 11.1. The van der Waals surface area contributed by atoms with E-state index in [1.807, 2.05) is 54.6 Å². The van der Waals surface area contributed by atoms with Crippen molar-refractivity contribution in [2.24, 2.45) is 0 Å². The molecule has 0 radical (unpaired) electrons. The highest BCUT2D eigenvalue weighted by Crippen LogP contribution is 2.40. The lowest BCUT2D eigenvalue weighted by Gasteiger charge is -2.04. The Hall–Kier alpha value is -2.85. The Balaban J connectivity index is 1.98. The van der Waals surface area contributed by atoms with Gasteiger partial charge in [-0.1, -0.05) is 48.5 Å². The van der Waals surface area contributed by atoms with Crippen LogP contribution in [0.15, 0.2) is 88.2 Å². The summed E-state index contributed by atoms with van der Waals surface area (Å²) in [5, 5.41) is 1.04. The molecule has 0 aliphatic carbocycles. The zero-order valence-electron chi connectivity index (χ0n) is 12.7. The molecule has 0 saturated heterocycles. The molecule has 118 valence electrons. The number of para-hydroxylation sites is 1. The molecule has 4 aromatic rings. The Morgan fingerprint density at radius 2 is 1.33 bits per heavy atom. The van der Waals surface area contributed by atoms with Gasteiger partial charge in [0.2, 0.25) is 0 Å².